The minimum Gasteiger partial charge on any atom is -0.450 e. The molecule has 0 radical (unpaired) electrons. The zero-order valence-corrected chi connectivity index (χ0v) is 19.1. The summed E-state index contributed by atoms with van der Waals surface area (Å²) >= 11 is 0. The molecule has 0 aromatic heterocycles. The third-order valence-electron chi connectivity index (χ3n) is 8.96. The first-order chi connectivity index (χ1) is 15.0. The molecule has 8 nitrogen and oxygen atoms in total. The monoisotopic (exact) mass is 445 g/mol. The van der Waals surface area contributed by atoms with Gasteiger partial charge in [0.2, 0.25) is 0 Å². The first kappa shape index (κ1) is 22.7. The summed E-state index contributed by atoms with van der Waals surface area (Å²) in [6, 6.07) is 0. The molecular weight excluding hydrogens is 414 g/mol. The molecule has 0 bridgehead atoms. The summed E-state index contributed by atoms with van der Waals surface area (Å²) in [6.07, 6.45) is 7.28. The maximum Gasteiger partial charge on any atom is 0.306 e. The standard InChI is InChI=1S/C24H31NO7/c1-5-20(28)31-24(14(2)26)11-9-18-17-7-6-15-12-16(27)8-10-22(15,3)21(17)19(32-25(29)30)13-23(18,24)4/h8,10,12,17-19,21H,5-7,9,11,13H2,1-4H3. The average Bonchev–Trinajstić information content (AvgIpc) is 3.00. The van der Waals surface area contributed by atoms with Crippen LogP contribution >= 0.6 is 0 Å². The van der Waals surface area contributed by atoms with Gasteiger partial charge in [-0.15, -0.1) is 10.1 Å². The fraction of sp³-hybridized carbons (Fsp3) is 0.708. The van der Waals surface area contributed by atoms with Crippen LogP contribution in [-0.2, 0) is 24.0 Å². The molecule has 8 heteroatoms. The van der Waals surface area contributed by atoms with Gasteiger partial charge in [0, 0.05) is 23.2 Å². The van der Waals surface area contributed by atoms with Crippen LogP contribution in [0.15, 0.2) is 23.8 Å². The number of rotatable bonds is 5. The third-order valence-corrected chi connectivity index (χ3v) is 8.96. The molecule has 0 aromatic rings. The van der Waals surface area contributed by atoms with Crippen molar-refractivity contribution in [1.29, 1.82) is 0 Å². The van der Waals surface area contributed by atoms with E-state index in [0.717, 1.165) is 12.0 Å². The van der Waals surface area contributed by atoms with Crippen molar-refractivity contribution in [3.63, 3.8) is 0 Å². The highest BCUT2D eigenvalue weighted by atomic mass is 17.0. The molecule has 0 amide bonds. The number of hydrogen-bond donors (Lipinski definition) is 0. The van der Waals surface area contributed by atoms with E-state index in [1.165, 1.54) is 6.92 Å². The number of Topliss-reactive ketones (excluding diaryl/α,β-unsaturated/α-hetero) is 1. The van der Waals surface area contributed by atoms with E-state index in [1.807, 2.05) is 19.9 Å². The normalized spacial score (nSPS) is 42.2. The summed E-state index contributed by atoms with van der Waals surface area (Å²) in [5.74, 6) is -0.831. The van der Waals surface area contributed by atoms with Crippen LogP contribution in [0.4, 0.5) is 0 Å². The summed E-state index contributed by atoms with van der Waals surface area (Å²) in [7, 11) is 0. The van der Waals surface area contributed by atoms with Crippen LogP contribution in [0.2, 0.25) is 0 Å². The topological polar surface area (TPSA) is 113 Å². The Hall–Kier alpha value is -2.51. The molecule has 0 spiro atoms. The van der Waals surface area contributed by atoms with Crippen LogP contribution < -0.4 is 0 Å². The Labute approximate surface area is 187 Å². The second kappa shape index (κ2) is 7.52. The maximum atomic E-state index is 13.0. The molecule has 0 saturated heterocycles. The highest BCUT2D eigenvalue weighted by Gasteiger charge is 2.70. The van der Waals surface area contributed by atoms with E-state index in [0.29, 0.717) is 19.3 Å². The van der Waals surface area contributed by atoms with E-state index in [-0.39, 0.29) is 42.2 Å². The van der Waals surface area contributed by atoms with Crippen LogP contribution in [0.1, 0.15) is 66.2 Å². The van der Waals surface area contributed by atoms with Crippen molar-refractivity contribution in [2.45, 2.75) is 77.9 Å². The van der Waals surface area contributed by atoms with Gasteiger partial charge in [-0.2, -0.15) is 0 Å². The summed E-state index contributed by atoms with van der Waals surface area (Å²) in [5, 5.41) is 10.8. The quantitative estimate of drug-likeness (QED) is 0.360. The highest BCUT2D eigenvalue weighted by molar-refractivity contribution is 6.01. The van der Waals surface area contributed by atoms with E-state index in [9.17, 15) is 24.5 Å². The first-order valence-electron chi connectivity index (χ1n) is 11.5. The summed E-state index contributed by atoms with van der Waals surface area (Å²) in [6.45, 7) is 7.11. The lowest BCUT2D eigenvalue weighted by atomic mass is 9.46. The number of esters is 1. The smallest absolute Gasteiger partial charge is 0.306 e. The molecule has 0 heterocycles. The summed E-state index contributed by atoms with van der Waals surface area (Å²) in [4.78, 5) is 54.2. The Kier molecular flexibility index (Phi) is 5.33. The van der Waals surface area contributed by atoms with Gasteiger partial charge >= 0.3 is 5.97 Å². The summed E-state index contributed by atoms with van der Waals surface area (Å²) < 4.78 is 5.88. The molecule has 4 rings (SSSR count). The molecule has 0 N–H and O–H groups in total. The van der Waals surface area contributed by atoms with Gasteiger partial charge in [-0.3, -0.25) is 14.4 Å². The van der Waals surface area contributed by atoms with E-state index < -0.39 is 33.6 Å². The Morgan fingerprint density at radius 2 is 2.00 bits per heavy atom. The van der Waals surface area contributed by atoms with Crippen molar-refractivity contribution in [3.05, 3.63) is 33.9 Å². The van der Waals surface area contributed by atoms with Crippen LogP contribution in [0.5, 0.6) is 0 Å². The maximum absolute atomic E-state index is 13.0. The minimum absolute atomic E-state index is 0.0419. The van der Waals surface area contributed by atoms with E-state index in [4.69, 9.17) is 9.57 Å². The highest BCUT2D eigenvalue weighted by Crippen LogP contribution is 2.68. The molecule has 3 saturated carbocycles. The van der Waals surface area contributed by atoms with Crippen LogP contribution in [0.3, 0.4) is 0 Å². The second-order valence-corrected chi connectivity index (χ2v) is 10.3. The van der Waals surface area contributed by atoms with Gasteiger partial charge in [0.05, 0.1) is 0 Å². The Bertz CT molecular complexity index is 939. The van der Waals surface area contributed by atoms with Crippen LogP contribution in [0, 0.1) is 38.7 Å². The number of carbonyl (C=O) groups is 3. The molecule has 4 aliphatic rings. The van der Waals surface area contributed by atoms with Gasteiger partial charge in [-0.1, -0.05) is 32.4 Å². The first-order valence-corrected chi connectivity index (χ1v) is 11.5. The predicted octanol–water partition coefficient (Wildman–Crippen LogP) is 3.76. The average molecular weight is 446 g/mol. The van der Waals surface area contributed by atoms with Crippen LogP contribution in [0.25, 0.3) is 0 Å². The van der Waals surface area contributed by atoms with Gasteiger partial charge in [-0.25, -0.2) is 0 Å². The van der Waals surface area contributed by atoms with Gasteiger partial charge in [0.25, 0.3) is 5.09 Å². The molecule has 32 heavy (non-hydrogen) atoms. The lowest BCUT2D eigenvalue weighted by Crippen LogP contribution is -2.62. The molecule has 3 fully saturated rings. The van der Waals surface area contributed by atoms with Crippen molar-refractivity contribution < 1.29 is 29.0 Å². The lowest BCUT2D eigenvalue weighted by molar-refractivity contribution is -0.773. The molecule has 7 unspecified atom stereocenters. The predicted molar refractivity (Wildman–Crippen MR) is 114 cm³/mol. The zero-order chi connectivity index (χ0) is 23.5. The number of nitrogens with zero attached hydrogens (tertiary/aromatic N) is 1. The Balaban J connectivity index is 1.81. The van der Waals surface area contributed by atoms with E-state index >= 15 is 0 Å². The molecule has 0 aliphatic heterocycles. The molecule has 174 valence electrons. The number of ether oxygens (including phenoxy) is 1. The van der Waals surface area contributed by atoms with E-state index in [1.54, 1.807) is 19.1 Å². The number of hydrogen-bond acceptors (Lipinski definition) is 7. The van der Waals surface area contributed by atoms with E-state index in [2.05, 4.69) is 0 Å². The number of allylic oxidation sites excluding steroid dienone is 4. The third kappa shape index (κ3) is 3.05. The van der Waals surface area contributed by atoms with Crippen LogP contribution in [-0.4, -0.2) is 34.3 Å². The van der Waals surface area contributed by atoms with Gasteiger partial charge in [0.1, 0.15) is 6.10 Å². The lowest BCUT2D eigenvalue weighted by Gasteiger charge is -2.60. The van der Waals surface area contributed by atoms with Crippen molar-refractivity contribution >= 4 is 17.5 Å². The fourth-order valence-electron chi connectivity index (χ4n) is 7.57. The van der Waals surface area contributed by atoms with Gasteiger partial charge in [-0.05, 0) is 63.0 Å². The van der Waals surface area contributed by atoms with Crippen molar-refractivity contribution in [1.82, 2.24) is 0 Å². The Morgan fingerprint density at radius 1 is 1.28 bits per heavy atom. The van der Waals surface area contributed by atoms with Gasteiger partial charge in [0.15, 0.2) is 17.2 Å². The minimum atomic E-state index is -1.30. The molecular formula is C24H31NO7. The number of fused-ring (bicyclic) bond motifs is 5. The molecule has 7 atom stereocenters. The van der Waals surface area contributed by atoms with Gasteiger partial charge < -0.3 is 9.57 Å². The SMILES string of the molecule is CCC(=O)OC1(C(C)=O)CCC2C3CCC4=CC(=O)C=CC4(C)C3C(O[N+](=O)[O-])CC21C. The largest absolute Gasteiger partial charge is 0.450 e. The van der Waals surface area contributed by atoms with Crippen molar-refractivity contribution in [2.75, 3.05) is 0 Å². The number of carbonyl (C=O) groups excluding carboxylic acids is 3. The second-order valence-electron chi connectivity index (χ2n) is 10.3. The molecule has 4 aliphatic carbocycles. The summed E-state index contributed by atoms with van der Waals surface area (Å²) in [5.41, 5.74) is -1.61. The zero-order valence-electron chi connectivity index (χ0n) is 19.1. The fourth-order valence-corrected chi connectivity index (χ4v) is 7.57. The Morgan fingerprint density at radius 3 is 2.62 bits per heavy atom. The van der Waals surface area contributed by atoms with Crippen molar-refractivity contribution in [2.24, 2.45) is 28.6 Å². The number of ketones is 2. The van der Waals surface area contributed by atoms with Crippen molar-refractivity contribution in [3.8, 4) is 0 Å². The molecule has 0 aromatic carbocycles.